The first-order chi connectivity index (χ1) is 12.8. The number of amides is 1. The first-order valence-corrected chi connectivity index (χ1v) is 8.60. The van der Waals surface area contributed by atoms with E-state index in [1.165, 1.54) is 0 Å². The van der Waals surface area contributed by atoms with Gasteiger partial charge < -0.3 is 19.5 Å². The van der Waals surface area contributed by atoms with Gasteiger partial charge in [-0.3, -0.25) is 4.79 Å². The predicted octanol–water partition coefficient (Wildman–Crippen LogP) is 3.42. The topological polar surface area (TPSA) is 56.8 Å². The molecule has 0 fully saturated rings. The van der Waals surface area contributed by atoms with Gasteiger partial charge in [-0.25, -0.2) is 0 Å². The third kappa shape index (κ3) is 3.42. The van der Waals surface area contributed by atoms with Crippen molar-refractivity contribution in [1.82, 2.24) is 5.32 Å². The number of carbonyl (C=O) groups is 1. The Labute approximate surface area is 151 Å². The third-order valence-corrected chi connectivity index (χ3v) is 4.20. The lowest BCUT2D eigenvalue weighted by Crippen LogP contribution is -2.28. The Morgan fingerprint density at radius 1 is 0.962 bits per heavy atom. The van der Waals surface area contributed by atoms with Crippen molar-refractivity contribution in [1.29, 1.82) is 0 Å². The predicted molar refractivity (Wildman–Crippen MR) is 99.2 cm³/mol. The zero-order valence-corrected chi connectivity index (χ0v) is 14.2. The van der Waals surface area contributed by atoms with Crippen LogP contribution in [0.4, 0.5) is 0 Å². The standard InChI is InChI=1S/C21H19NO4/c23-21(16-8-9-19-20(14-16)26-13-12-25-19)22-10-11-24-18-7-3-5-15-4-1-2-6-17(15)18/h1-9,14H,10-13H2,(H,22,23). The van der Waals surface area contributed by atoms with Gasteiger partial charge >= 0.3 is 0 Å². The number of nitrogens with one attached hydrogen (secondary N) is 1. The molecule has 1 aliphatic rings. The van der Waals surface area contributed by atoms with Crippen molar-refractivity contribution >= 4 is 16.7 Å². The van der Waals surface area contributed by atoms with Crippen LogP contribution in [0.25, 0.3) is 10.8 Å². The molecule has 0 spiro atoms. The van der Waals surface area contributed by atoms with Crippen molar-refractivity contribution < 1.29 is 19.0 Å². The highest BCUT2D eigenvalue weighted by molar-refractivity contribution is 5.95. The highest BCUT2D eigenvalue weighted by Gasteiger charge is 2.14. The van der Waals surface area contributed by atoms with Gasteiger partial charge in [0.25, 0.3) is 5.91 Å². The first-order valence-electron chi connectivity index (χ1n) is 8.60. The van der Waals surface area contributed by atoms with Gasteiger partial charge in [0.05, 0.1) is 6.54 Å². The van der Waals surface area contributed by atoms with Crippen molar-refractivity contribution in [3.8, 4) is 17.2 Å². The number of hydrogen-bond donors (Lipinski definition) is 1. The molecule has 1 heterocycles. The Morgan fingerprint density at radius 3 is 2.69 bits per heavy atom. The lowest BCUT2D eigenvalue weighted by atomic mass is 10.1. The van der Waals surface area contributed by atoms with E-state index in [-0.39, 0.29) is 5.91 Å². The monoisotopic (exact) mass is 349 g/mol. The summed E-state index contributed by atoms with van der Waals surface area (Å²) in [5, 5.41) is 5.06. The normalized spacial score (nSPS) is 12.6. The summed E-state index contributed by atoms with van der Waals surface area (Å²) >= 11 is 0. The minimum Gasteiger partial charge on any atom is -0.491 e. The van der Waals surface area contributed by atoms with E-state index in [4.69, 9.17) is 14.2 Å². The Kier molecular flexibility index (Phi) is 4.60. The second kappa shape index (κ2) is 7.35. The SMILES string of the molecule is O=C(NCCOc1cccc2ccccc12)c1ccc2c(c1)OCCO2. The van der Waals surface area contributed by atoms with E-state index in [2.05, 4.69) is 5.32 Å². The van der Waals surface area contributed by atoms with Gasteiger partial charge in [0.2, 0.25) is 0 Å². The average Bonchev–Trinajstić information content (AvgIpc) is 2.70. The summed E-state index contributed by atoms with van der Waals surface area (Å²) in [6.07, 6.45) is 0. The second-order valence-corrected chi connectivity index (χ2v) is 5.94. The molecule has 0 radical (unpaired) electrons. The zero-order chi connectivity index (χ0) is 17.8. The molecule has 1 amide bonds. The number of ether oxygens (including phenoxy) is 3. The molecule has 0 bridgehead atoms. The summed E-state index contributed by atoms with van der Waals surface area (Å²) in [6.45, 7) is 1.84. The number of carbonyl (C=O) groups excluding carboxylic acids is 1. The van der Waals surface area contributed by atoms with Crippen molar-refractivity contribution in [2.45, 2.75) is 0 Å². The van der Waals surface area contributed by atoms with Crippen LogP contribution in [-0.2, 0) is 0 Å². The number of fused-ring (bicyclic) bond motifs is 2. The minimum absolute atomic E-state index is 0.163. The fraction of sp³-hybridized carbons (Fsp3) is 0.190. The van der Waals surface area contributed by atoms with Gasteiger partial charge in [0.15, 0.2) is 11.5 Å². The largest absolute Gasteiger partial charge is 0.491 e. The van der Waals surface area contributed by atoms with Crippen LogP contribution in [0.1, 0.15) is 10.4 Å². The molecule has 26 heavy (non-hydrogen) atoms. The van der Waals surface area contributed by atoms with Crippen molar-refractivity contribution in [3.05, 3.63) is 66.2 Å². The molecule has 132 valence electrons. The highest BCUT2D eigenvalue weighted by atomic mass is 16.6. The molecule has 5 heteroatoms. The Hall–Kier alpha value is -3.21. The molecule has 1 aliphatic heterocycles. The lowest BCUT2D eigenvalue weighted by molar-refractivity contribution is 0.0946. The second-order valence-electron chi connectivity index (χ2n) is 5.94. The van der Waals surface area contributed by atoms with Crippen LogP contribution in [0, 0.1) is 0 Å². The maximum absolute atomic E-state index is 12.3. The van der Waals surface area contributed by atoms with Crippen LogP contribution in [0.2, 0.25) is 0 Å². The van der Waals surface area contributed by atoms with E-state index in [9.17, 15) is 4.79 Å². The van der Waals surface area contributed by atoms with E-state index in [0.717, 1.165) is 16.5 Å². The fourth-order valence-corrected chi connectivity index (χ4v) is 2.93. The first kappa shape index (κ1) is 16.3. The highest BCUT2D eigenvalue weighted by Crippen LogP contribution is 2.30. The molecule has 0 saturated heterocycles. The smallest absolute Gasteiger partial charge is 0.251 e. The molecule has 3 aromatic rings. The molecule has 3 aromatic carbocycles. The van der Waals surface area contributed by atoms with Gasteiger partial charge in [-0.1, -0.05) is 36.4 Å². The van der Waals surface area contributed by atoms with E-state index < -0.39 is 0 Å². The van der Waals surface area contributed by atoms with E-state index in [0.29, 0.717) is 43.4 Å². The molecule has 0 saturated carbocycles. The summed E-state index contributed by atoms with van der Waals surface area (Å²) in [7, 11) is 0. The van der Waals surface area contributed by atoms with E-state index in [1.807, 2.05) is 42.5 Å². The molecule has 0 aromatic heterocycles. The van der Waals surface area contributed by atoms with Gasteiger partial charge in [-0.05, 0) is 29.7 Å². The van der Waals surface area contributed by atoms with Gasteiger partial charge in [-0.15, -0.1) is 0 Å². The molecule has 1 N–H and O–H groups in total. The van der Waals surface area contributed by atoms with Crippen LogP contribution in [0.15, 0.2) is 60.7 Å². The van der Waals surface area contributed by atoms with Crippen molar-refractivity contribution in [2.75, 3.05) is 26.4 Å². The van der Waals surface area contributed by atoms with E-state index in [1.54, 1.807) is 18.2 Å². The van der Waals surface area contributed by atoms with Crippen molar-refractivity contribution in [2.24, 2.45) is 0 Å². The molecular weight excluding hydrogens is 330 g/mol. The van der Waals surface area contributed by atoms with Gasteiger partial charge in [0, 0.05) is 10.9 Å². The number of hydrogen-bond acceptors (Lipinski definition) is 4. The van der Waals surface area contributed by atoms with Crippen LogP contribution in [0.3, 0.4) is 0 Å². The maximum atomic E-state index is 12.3. The Morgan fingerprint density at radius 2 is 1.77 bits per heavy atom. The third-order valence-electron chi connectivity index (χ3n) is 4.20. The summed E-state index contributed by atoms with van der Waals surface area (Å²) in [4.78, 5) is 12.3. The summed E-state index contributed by atoms with van der Waals surface area (Å²) in [5.41, 5.74) is 0.541. The minimum atomic E-state index is -0.163. The van der Waals surface area contributed by atoms with Crippen LogP contribution in [-0.4, -0.2) is 32.3 Å². The molecule has 5 nitrogen and oxygen atoms in total. The zero-order valence-electron chi connectivity index (χ0n) is 14.2. The van der Waals surface area contributed by atoms with Crippen LogP contribution < -0.4 is 19.5 Å². The van der Waals surface area contributed by atoms with Crippen LogP contribution in [0.5, 0.6) is 17.2 Å². The van der Waals surface area contributed by atoms with Crippen LogP contribution >= 0.6 is 0 Å². The summed E-state index contributed by atoms with van der Waals surface area (Å²) in [5.74, 6) is 1.93. The molecule has 0 unspecified atom stereocenters. The number of rotatable bonds is 5. The average molecular weight is 349 g/mol. The summed E-state index contributed by atoms with van der Waals surface area (Å²) in [6, 6.07) is 19.2. The van der Waals surface area contributed by atoms with Crippen molar-refractivity contribution in [3.63, 3.8) is 0 Å². The van der Waals surface area contributed by atoms with E-state index >= 15 is 0 Å². The quantitative estimate of drug-likeness (QED) is 0.717. The molecular formula is C21H19NO4. The fourth-order valence-electron chi connectivity index (χ4n) is 2.93. The van der Waals surface area contributed by atoms with Gasteiger partial charge in [0.1, 0.15) is 25.6 Å². The maximum Gasteiger partial charge on any atom is 0.251 e. The summed E-state index contributed by atoms with van der Waals surface area (Å²) < 4.78 is 16.8. The number of benzene rings is 3. The Bertz CT molecular complexity index is 933. The lowest BCUT2D eigenvalue weighted by Gasteiger charge is -2.18. The van der Waals surface area contributed by atoms with Gasteiger partial charge in [-0.2, -0.15) is 0 Å². The molecule has 0 aliphatic carbocycles. The molecule has 0 atom stereocenters. The Balaban J connectivity index is 1.34. The molecule has 4 rings (SSSR count).